The third-order valence-corrected chi connectivity index (χ3v) is 2.84. The molecule has 78 valence electrons. The van der Waals surface area contributed by atoms with Crippen molar-refractivity contribution in [3.63, 3.8) is 0 Å². The number of alkyl halides is 1. The maximum absolute atomic E-state index is 5.97. The predicted molar refractivity (Wildman–Crippen MR) is 61.3 cm³/mol. The molecule has 0 heterocycles. The molecule has 1 aromatic carbocycles. The number of para-hydroxylation sites is 1. The van der Waals surface area contributed by atoms with Crippen LogP contribution in [-0.2, 0) is 0 Å². The quantitative estimate of drug-likeness (QED) is 0.692. The highest BCUT2D eigenvalue weighted by atomic mass is 35.5. The monoisotopic (exact) mass is 212 g/mol. The van der Waals surface area contributed by atoms with E-state index in [0.717, 1.165) is 5.75 Å². The summed E-state index contributed by atoms with van der Waals surface area (Å²) in [6.07, 6.45) is 0. The summed E-state index contributed by atoms with van der Waals surface area (Å²) in [6, 6.07) is 8.08. The van der Waals surface area contributed by atoms with E-state index in [4.69, 9.17) is 16.3 Å². The number of benzene rings is 1. The number of rotatable bonds is 4. The van der Waals surface area contributed by atoms with Gasteiger partial charge in [-0.25, -0.2) is 0 Å². The molecular weight excluding hydrogens is 196 g/mol. The largest absolute Gasteiger partial charge is 0.496 e. The summed E-state index contributed by atoms with van der Waals surface area (Å²) >= 11 is 5.97. The number of ether oxygens (including phenoxy) is 1. The minimum atomic E-state index is 0.368. The van der Waals surface area contributed by atoms with E-state index < -0.39 is 0 Å². The van der Waals surface area contributed by atoms with E-state index in [-0.39, 0.29) is 0 Å². The first-order valence-electron chi connectivity index (χ1n) is 4.89. The lowest BCUT2D eigenvalue weighted by molar-refractivity contribution is 0.399. The third-order valence-electron chi connectivity index (χ3n) is 2.51. The number of methoxy groups -OCH3 is 1. The standard InChI is InChI=1S/C12H17ClO/c1-9(2)11(8-13)10-6-4-5-7-12(10)14-3/h4-7,9,11H,8H2,1-3H3. The highest BCUT2D eigenvalue weighted by Crippen LogP contribution is 2.32. The summed E-state index contributed by atoms with van der Waals surface area (Å²) in [5.41, 5.74) is 1.21. The summed E-state index contributed by atoms with van der Waals surface area (Å²) in [6.45, 7) is 4.36. The van der Waals surface area contributed by atoms with Crippen LogP contribution in [0.4, 0.5) is 0 Å². The first-order valence-corrected chi connectivity index (χ1v) is 5.43. The van der Waals surface area contributed by atoms with Gasteiger partial charge in [-0.05, 0) is 17.5 Å². The summed E-state index contributed by atoms with van der Waals surface area (Å²) in [7, 11) is 1.70. The van der Waals surface area contributed by atoms with Crippen molar-refractivity contribution in [3.05, 3.63) is 29.8 Å². The number of hydrogen-bond donors (Lipinski definition) is 0. The van der Waals surface area contributed by atoms with Gasteiger partial charge in [-0.2, -0.15) is 0 Å². The zero-order valence-electron chi connectivity index (χ0n) is 8.96. The van der Waals surface area contributed by atoms with Gasteiger partial charge in [0.05, 0.1) is 7.11 Å². The molecule has 0 amide bonds. The van der Waals surface area contributed by atoms with Gasteiger partial charge in [0.2, 0.25) is 0 Å². The minimum absolute atomic E-state index is 0.368. The molecule has 0 aliphatic carbocycles. The Morgan fingerprint density at radius 2 is 1.93 bits per heavy atom. The van der Waals surface area contributed by atoms with Gasteiger partial charge in [-0.15, -0.1) is 11.6 Å². The Hall–Kier alpha value is -0.690. The van der Waals surface area contributed by atoms with Crippen molar-refractivity contribution in [2.24, 2.45) is 5.92 Å². The first kappa shape index (κ1) is 11.4. The highest BCUT2D eigenvalue weighted by Gasteiger charge is 2.17. The van der Waals surface area contributed by atoms with Crippen LogP contribution in [0, 0.1) is 5.92 Å². The van der Waals surface area contributed by atoms with Crippen LogP contribution in [-0.4, -0.2) is 13.0 Å². The van der Waals surface area contributed by atoms with Crippen LogP contribution in [0.15, 0.2) is 24.3 Å². The number of halogens is 1. The lowest BCUT2D eigenvalue weighted by atomic mass is 9.89. The molecule has 1 rings (SSSR count). The van der Waals surface area contributed by atoms with Gasteiger partial charge in [0, 0.05) is 11.8 Å². The third kappa shape index (κ3) is 2.42. The fourth-order valence-electron chi connectivity index (χ4n) is 1.59. The van der Waals surface area contributed by atoms with E-state index in [1.807, 2.05) is 18.2 Å². The Morgan fingerprint density at radius 1 is 1.29 bits per heavy atom. The van der Waals surface area contributed by atoms with E-state index in [2.05, 4.69) is 19.9 Å². The molecule has 14 heavy (non-hydrogen) atoms. The van der Waals surface area contributed by atoms with Gasteiger partial charge in [0.25, 0.3) is 0 Å². The normalized spacial score (nSPS) is 12.9. The lowest BCUT2D eigenvalue weighted by Crippen LogP contribution is -2.09. The van der Waals surface area contributed by atoms with Gasteiger partial charge < -0.3 is 4.74 Å². The average Bonchev–Trinajstić information content (AvgIpc) is 2.19. The van der Waals surface area contributed by atoms with Crippen LogP contribution in [0.25, 0.3) is 0 Å². The topological polar surface area (TPSA) is 9.23 Å². The van der Waals surface area contributed by atoms with Crippen LogP contribution >= 0.6 is 11.6 Å². The van der Waals surface area contributed by atoms with Crippen molar-refractivity contribution in [2.75, 3.05) is 13.0 Å². The van der Waals surface area contributed by atoms with Crippen molar-refractivity contribution >= 4 is 11.6 Å². The number of hydrogen-bond acceptors (Lipinski definition) is 1. The van der Waals surface area contributed by atoms with Crippen molar-refractivity contribution in [1.29, 1.82) is 0 Å². The molecule has 0 aromatic heterocycles. The van der Waals surface area contributed by atoms with E-state index in [9.17, 15) is 0 Å². The molecule has 0 aliphatic heterocycles. The lowest BCUT2D eigenvalue weighted by Gasteiger charge is -2.20. The Bertz CT molecular complexity index is 283. The molecule has 1 nitrogen and oxygen atoms in total. The van der Waals surface area contributed by atoms with Crippen LogP contribution in [0.5, 0.6) is 5.75 Å². The molecule has 0 radical (unpaired) electrons. The molecule has 0 spiro atoms. The van der Waals surface area contributed by atoms with Gasteiger partial charge in [-0.1, -0.05) is 32.0 Å². The molecule has 0 fully saturated rings. The molecule has 0 bridgehead atoms. The molecule has 1 atom stereocenters. The van der Waals surface area contributed by atoms with E-state index >= 15 is 0 Å². The molecule has 0 aliphatic rings. The Kier molecular flexibility index (Phi) is 4.27. The molecule has 1 aromatic rings. The second-order valence-electron chi connectivity index (χ2n) is 3.75. The van der Waals surface area contributed by atoms with Gasteiger partial charge in [0.15, 0.2) is 0 Å². The second-order valence-corrected chi connectivity index (χ2v) is 4.06. The SMILES string of the molecule is COc1ccccc1C(CCl)C(C)C. The summed E-state index contributed by atoms with van der Waals surface area (Å²) in [4.78, 5) is 0. The molecule has 1 unspecified atom stereocenters. The Balaban J connectivity index is 3.02. The molecule has 2 heteroatoms. The van der Waals surface area contributed by atoms with Crippen molar-refractivity contribution < 1.29 is 4.74 Å². The minimum Gasteiger partial charge on any atom is -0.496 e. The van der Waals surface area contributed by atoms with Crippen molar-refractivity contribution in [1.82, 2.24) is 0 Å². The zero-order chi connectivity index (χ0) is 10.6. The summed E-state index contributed by atoms with van der Waals surface area (Å²) < 4.78 is 5.32. The van der Waals surface area contributed by atoms with E-state index in [1.54, 1.807) is 7.11 Å². The maximum atomic E-state index is 5.97. The molecule has 0 saturated carbocycles. The van der Waals surface area contributed by atoms with Crippen LogP contribution in [0.3, 0.4) is 0 Å². The van der Waals surface area contributed by atoms with Crippen molar-refractivity contribution in [3.8, 4) is 5.75 Å². The van der Waals surface area contributed by atoms with Crippen LogP contribution in [0.1, 0.15) is 25.3 Å². The second kappa shape index (κ2) is 5.26. The van der Waals surface area contributed by atoms with E-state index in [1.165, 1.54) is 5.56 Å². The van der Waals surface area contributed by atoms with E-state index in [0.29, 0.717) is 17.7 Å². The fourth-order valence-corrected chi connectivity index (χ4v) is 2.12. The highest BCUT2D eigenvalue weighted by molar-refractivity contribution is 6.18. The fraction of sp³-hybridized carbons (Fsp3) is 0.500. The summed E-state index contributed by atoms with van der Waals surface area (Å²) in [5.74, 6) is 2.47. The average molecular weight is 213 g/mol. The van der Waals surface area contributed by atoms with Gasteiger partial charge in [-0.3, -0.25) is 0 Å². The van der Waals surface area contributed by atoms with Crippen LogP contribution in [0.2, 0.25) is 0 Å². The summed E-state index contributed by atoms with van der Waals surface area (Å²) in [5, 5.41) is 0. The zero-order valence-corrected chi connectivity index (χ0v) is 9.71. The molecular formula is C12H17ClO. The first-order chi connectivity index (χ1) is 6.70. The maximum Gasteiger partial charge on any atom is 0.122 e. The van der Waals surface area contributed by atoms with Crippen molar-refractivity contribution in [2.45, 2.75) is 19.8 Å². The smallest absolute Gasteiger partial charge is 0.122 e. The predicted octanol–water partition coefficient (Wildman–Crippen LogP) is 3.67. The van der Waals surface area contributed by atoms with Gasteiger partial charge >= 0.3 is 0 Å². The molecule has 0 N–H and O–H groups in total. The van der Waals surface area contributed by atoms with Gasteiger partial charge in [0.1, 0.15) is 5.75 Å². The van der Waals surface area contributed by atoms with Crippen LogP contribution < -0.4 is 4.74 Å². The molecule has 0 saturated heterocycles. The Labute approximate surface area is 91.0 Å². The Morgan fingerprint density at radius 3 is 2.43 bits per heavy atom.